The molecule has 0 atom stereocenters. The molecule has 1 aromatic heterocycles. The Labute approximate surface area is 198 Å². The van der Waals surface area contributed by atoms with Gasteiger partial charge in [-0.15, -0.1) is 0 Å². The molecule has 1 fully saturated rings. The van der Waals surface area contributed by atoms with Crippen molar-refractivity contribution in [3.63, 3.8) is 0 Å². The van der Waals surface area contributed by atoms with Crippen LogP contribution in [0.2, 0.25) is 0 Å². The number of nitrogens with one attached hydrogen (secondary N) is 1. The molecule has 0 saturated carbocycles. The number of carbonyl (C=O) groups excluding carboxylic acids is 1. The van der Waals surface area contributed by atoms with Gasteiger partial charge in [0.2, 0.25) is 0 Å². The van der Waals surface area contributed by atoms with Crippen LogP contribution in [0.3, 0.4) is 0 Å². The lowest BCUT2D eigenvalue weighted by atomic mass is 10.1. The predicted octanol–water partition coefficient (Wildman–Crippen LogP) is 4.14. The van der Waals surface area contributed by atoms with Crippen LogP contribution in [0.15, 0.2) is 77.3 Å². The van der Waals surface area contributed by atoms with Crippen LogP contribution >= 0.6 is 0 Å². The molecular formula is C27H27N3O4. The van der Waals surface area contributed by atoms with E-state index in [9.17, 15) is 4.79 Å². The Morgan fingerprint density at radius 1 is 1.00 bits per heavy atom. The molecule has 4 aromatic rings. The van der Waals surface area contributed by atoms with Crippen molar-refractivity contribution < 1.29 is 18.8 Å². The molecule has 0 unspecified atom stereocenters. The van der Waals surface area contributed by atoms with Crippen molar-refractivity contribution in [2.24, 2.45) is 0 Å². The number of amides is 1. The minimum Gasteiger partial charge on any atom is -0.492 e. The Morgan fingerprint density at radius 2 is 1.85 bits per heavy atom. The molecular weight excluding hydrogens is 430 g/mol. The van der Waals surface area contributed by atoms with Gasteiger partial charge in [-0.1, -0.05) is 47.6 Å². The quantitative estimate of drug-likeness (QED) is 0.429. The highest BCUT2D eigenvalue weighted by atomic mass is 16.5. The summed E-state index contributed by atoms with van der Waals surface area (Å²) in [4.78, 5) is 15.2. The molecule has 7 heteroatoms. The number of ether oxygens (including phenoxy) is 2. The first-order valence-electron chi connectivity index (χ1n) is 11.5. The molecule has 1 N–H and O–H groups in total. The molecule has 1 aliphatic heterocycles. The number of fused-ring (bicyclic) bond motifs is 1. The van der Waals surface area contributed by atoms with Crippen molar-refractivity contribution in [3.8, 4) is 17.1 Å². The average Bonchev–Trinajstić information content (AvgIpc) is 3.32. The smallest absolute Gasteiger partial charge is 0.251 e. The van der Waals surface area contributed by atoms with E-state index in [1.54, 1.807) is 6.07 Å². The number of hydrogen-bond donors (Lipinski definition) is 1. The van der Waals surface area contributed by atoms with Crippen LogP contribution in [0.5, 0.6) is 5.75 Å². The van der Waals surface area contributed by atoms with Crippen molar-refractivity contribution >= 4 is 16.8 Å². The summed E-state index contributed by atoms with van der Waals surface area (Å²) in [5.41, 5.74) is 3.18. The van der Waals surface area contributed by atoms with Gasteiger partial charge in [-0.3, -0.25) is 9.69 Å². The minimum absolute atomic E-state index is 0.152. The third-order valence-corrected chi connectivity index (χ3v) is 5.91. The van der Waals surface area contributed by atoms with Crippen molar-refractivity contribution in [3.05, 3.63) is 83.9 Å². The van der Waals surface area contributed by atoms with E-state index in [0.717, 1.165) is 60.6 Å². The van der Waals surface area contributed by atoms with Gasteiger partial charge in [-0.2, -0.15) is 0 Å². The molecule has 1 aliphatic rings. The topological polar surface area (TPSA) is 76.8 Å². The number of morpholine rings is 1. The van der Waals surface area contributed by atoms with E-state index < -0.39 is 0 Å². The summed E-state index contributed by atoms with van der Waals surface area (Å²) in [6, 6.07) is 23.0. The van der Waals surface area contributed by atoms with Gasteiger partial charge in [0, 0.05) is 37.3 Å². The van der Waals surface area contributed by atoms with E-state index in [1.165, 1.54) is 0 Å². The molecule has 3 aromatic carbocycles. The molecule has 1 amide bonds. The maximum atomic E-state index is 12.9. The summed E-state index contributed by atoms with van der Waals surface area (Å²) < 4.78 is 16.8. The maximum absolute atomic E-state index is 12.9. The lowest BCUT2D eigenvalue weighted by Crippen LogP contribution is -2.38. The summed E-state index contributed by atoms with van der Waals surface area (Å²) in [5.74, 6) is 1.31. The van der Waals surface area contributed by atoms with Crippen molar-refractivity contribution in [2.75, 3.05) is 39.5 Å². The molecule has 2 heterocycles. The van der Waals surface area contributed by atoms with Gasteiger partial charge >= 0.3 is 0 Å². The number of rotatable bonds is 8. The molecule has 1 saturated heterocycles. The van der Waals surface area contributed by atoms with Gasteiger partial charge in [-0.05, 0) is 35.9 Å². The monoisotopic (exact) mass is 457 g/mol. The van der Waals surface area contributed by atoms with E-state index in [2.05, 4.69) is 15.4 Å². The van der Waals surface area contributed by atoms with Crippen LogP contribution in [0.25, 0.3) is 22.2 Å². The van der Waals surface area contributed by atoms with Crippen LogP contribution in [0, 0.1) is 0 Å². The zero-order valence-electron chi connectivity index (χ0n) is 18.9. The normalized spacial score (nSPS) is 14.2. The number of carbonyl (C=O) groups is 1. The predicted molar refractivity (Wildman–Crippen MR) is 130 cm³/mol. The first kappa shape index (κ1) is 22.1. The summed E-state index contributed by atoms with van der Waals surface area (Å²) in [5, 5.41) is 7.94. The van der Waals surface area contributed by atoms with Gasteiger partial charge in [-0.25, -0.2) is 0 Å². The van der Waals surface area contributed by atoms with E-state index in [-0.39, 0.29) is 5.91 Å². The molecule has 174 valence electrons. The molecule has 34 heavy (non-hydrogen) atoms. The van der Waals surface area contributed by atoms with E-state index in [4.69, 9.17) is 14.0 Å². The van der Waals surface area contributed by atoms with Crippen molar-refractivity contribution in [1.29, 1.82) is 0 Å². The lowest BCUT2D eigenvalue weighted by Gasteiger charge is -2.26. The Kier molecular flexibility index (Phi) is 6.84. The summed E-state index contributed by atoms with van der Waals surface area (Å²) in [6.45, 7) is 5.37. The highest BCUT2D eigenvalue weighted by molar-refractivity contribution is 6.00. The molecule has 0 radical (unpaired) electrons. The fourth-order valence-corrected chi connectivity index (χ4v) is 4.03. The Balaban J connectivity index is 1.20. The standard InChI is InChI=1S/C27H27N3O4/c31-27(22-9-10-25-24(18-22)26(34-29-25)21-6-2-1-3-7-21)28-19-20-5-4-8-23(17-20)33-16-13-30-11-14-32-15-12-30/h1-10,17-18H,11-16,19H2,(H,28,31). The second-order valence-electron chi connectivity index (χ2n) is 8.24. The molecule has 0 aliphatic carbocycles. The van der Waals surface area contributed by atoms with Crippen LogP contribution in [-0.2, 0) is 11.3 Å². The summed E-state index contributed by atoms with van der Waals surface area (Å²) in [7, 11) is 0. The highest BCUT2D eigenvalue weighted by Gasteiger charge is 2.14. The van der Waals surface area contributed by atoms with E-state index >= 15 is 0 Å². The third kappa shape index (κ3) is 5.27. The molecule has 5 rings (SSSR count). The molecule has 0 bridgehead atoms. The Morgan fingerprint density at radius 3 is 2.71 bits per heavy atom. The minimum atomic E-state index is -0.152. The summed E-state index contributed by atoms with van der Waals surface area (Å²) >= 11 is 0. The zero-order valence-corrected chi connectivity index (χ0v) is 18.9. The number of benzene rings is 3. The van der Waals surface area contributed by atoms with Crippen LogP contribution < -0.4 is 10.1 Å². The second-order valence-corrected chi connectivity index (χ2v) is 8.24. The van der Waals surface area contributed by atoms with Crippen molar-refractivity contribution in [1.82, 2.24) is 15.4 Å². The zero-order chi connectivity index (χ0) is 23.2. The Hall–Kier alpha value is -3.68. The lowest BCUT2D eigenvalue weighted by molar-refractivity contribution is 0.0322. The van der Waals surface area contributed by atoms with Gasteiger partial charge in [0.1, 0.15) is 17.9 Å². The van der Waals surface area contributed by atoms with Gasteiger partial charge in [0.05, 0.1) is 18.6 Å². The van der Waals surface area contributed by atoms with Crippen molar-refractivity contribution in [2.45, 2.75) is 6.54 Å². The second kappa shape index (κ2) is 10.5. The first-order valence-corrected chi connectivity index (χ1v) is 11.5. The van der Waals surface area contributed by atoms with Crippen LogP contribution in [0.4, 0.5) is 0 Å². The first-order chi connectivity index (χ1) is 16.8. The average molecular weight is 458 g/mol. The molecule has 7 nitrogen and oxygen atoms in total. The van der Waals surface area contributed by atoms with Gasteiger partial charge < -0.3 is 19.3 Å². The fraction of sp³-hybridized carbons (Fsp3) is 0.259. The highest BCUT2D eigenvalue weighted by Crippen LogP contribution is 2.29. The molecule has 0 spiro atoms. The maximum Gasteiger partial charge on any atom is 0.251 e. The summed E-state index contributed by atoms with van der Waals surface area (Å²) in [6.07, 6.45) is 0. The van der Waals surface area contributed by atoms with Gasteiger partial charge in [0.15, 0.2) is 5.76 Å². The third-order valence-electron chi connectivity index (χ3n) is 5.91. The number of hydrogen-bond acceptors (Lipinski definition) is 6. The van der Waals surface area contributed by atoms with Crippen LogP contribution in [-0.4, -0.2) is 55.4 Å². The Bertz CT molecular complexity index is 1250. The van der Waals surface area contributed by atoms with Crippen LogP contribution in [0.1, 0.15) is 15.9 Å². The SMILES string of the molecule is O=C(NCc1cccc(OCCN2CCOCC2)c1)c1ccc2noc(-c3ccccc3)c2c1. The van der Waals surface area contributed by atoms with E-state index in [0.29, 0.717) is 24.5 Å². The fourth-order valence-electron chi connectivity index (χ4n) is 4.03. The largest absolute Gasteiger partial charge is 0.492 e. The number of nitrogens with zero attached hydrogens (tertiary/aromatic N) is 2. The van der Waals surface area contributed by atoms with Gasteiger partial charge in [0.25, 0.3) is 5.91 Å². The van der Waals surface area contributed by atoms with E-state index in [1.807, 2.05) is 66.7 Å². The number of aromatic nitrogens is 1.